The zero-order valence-corrected chi connectivity index (χ0v) is 17.9. The molecule has 1 N–H and O–H groups in total. The summed E-state index contributed by atoms with van der Waals surface area (Å²) < 4.78 is 52.9. The van der Waals surface area contributed by atoms with Crippen LogP contribution >= 0.6 is 0 Å². The quantitative estimate of drug-likeness (QED) is 0.750. The van der Waals surface area contributed by atoms with Crippen molar-refractivity contribution in [1.29, 1.82) is 0 Å². The van der Waals surface area contributed by atoms with Gasteiger partial charge < -0.3 is 14.4 Å². The number of ether oxygens (including phenoxy) is 2. The van der Waals surface area contributed by atoms with Crippen molar-refractivity contribution < 1.29 is 22.3 Å². The molecule has 2 aromatic carbocycles. The second-order valence-corrected chi connectivity index (χ2v) is 9.46. The molecule has 2 aliphatic rings. The van der Waals surface area contributed by atoms with Crippen LogP contribution in [0.25, 0.3) is 0 Å². The lowest BCUT2D eigenvalue weighted by molar-refractivity contribution is 0.112. The van der Waals surface area contributed by atoms with Crippen molar-refractivity contribution >= 4 is 10.0 Å². The first kappa shape index (κ1) is 21.0. The number of rotatable bonds is 6. The molecule has 0 saturated carbocycles. The normalized spacial score (nSPS) is 18.5. The van der Waals surface area contributed by atoms with Crippen molar-refractivity contribution in [2.24, 2.45) is 0 Å². The molecule has 0 spiro atoms. The van der Waals surface area contributed by atoms with Gasteiger partial charge in [-0.15, -0.1) is 0 Å². The summed E-state index contributed by atoms with van der Waals surface area (Å²) in [5, 5.41) is 0. The highest BCUT2D eigenvalue weighted by molar-refractivity contribution is 7.89. The molecule has 0 aromatic heterocycles. The first-order valence-corrected chi connectivity index (χ1v) is 11.4. The van der Waals surface area contributed by atoms with Crippen molar-refractivity contribution in [2.75, 3.05) is 46.6 Å². The van der Waals surface area contributed by atoms with Crippen LogP contribution < -0.4 is 14.2 Å². The third-order valence-electron chi connectivity index (χ3n) is 5.65. The molecule has 30 heavy (non-hydrogen) atoms. The first-order chi connectivity index (χ1) is 14.3. The standard InChI is InChI=1S/C21H26FN3O4S/c1-15-11-17(22)4-6-21(15)30(26,27)23-13-18(25-9-7-24(2)8-10-25)16-3-5-19-20(12-16)29-14-28-19/h3-6,11-12,18,23H,7-10,13-14H2,1-2H3/t18-/m1/s1. The second kappa shape index (κ2) is 8.50. The fourth-order valence-corrected chi connectivity index (χ4v) is 5.16. The van der Waals surface area contributed by atoms with E-state index in [0.29, 0.717) is 17.1 Å². The van der Waals surface area contributed by atoms with Gasteiger partial charge in [0, 0.05) is 38.8 Å². The Bertz CT molecular complexity index is 1020. The number of benzene rings is 2. The SMILES string of the molecule is Cc1cc(F)ccc1S(=O)(=O)NC[C@H](c1ccc2c(c1)OCO2)N1CCN(C)CC1. The fourth-order valence-electron chi connectivity index (χ4n) is 3.89. The lowest BCUT2D eigenvalue weighted by atomic mass is 10.0. The molecular formula is C21H26FN3O4S. The molecule has 2 heterocycles. The predicted molar refractivity (Wildman–Crippen MR) is 111 cm³/mol. The monoisotopic (exact) mass is 435 g/mol. The van der Waals surface area contributed by atoms with Gasteiger partial charge in [-0.2, -0.15) is 0 Å². The molecule has 1 saturated heterocycles. The smallest absolute Gasteiger partial charge is 0.240 e. The maximum atomic E-state index is 13.4. The van der Waals surface area contributed by atoms with Crippen LogP contribution in [-0.4, -0.2) is 64.8 Å². The highest BCUT2D eigenvalue weighted by Crippen LogP contribution is 2.35. The average Bonchev–Trinajstić information content (AvgIpc) is 3.17. The predicted octanol–water partition coefficient (Wildman–Crippen LogP) is 2.13. The van der Waals surface area contributed by atoms with E-state index in [9.17, 15) is 12.8 Å². The average molecular weight is 436 g/mol. The van der Waals surface area contributed by atoms with Gasteiger partial charge in [-0.05, 0) is 55.4 Å². The van der Waals surface area contributed by atoms with E-state index in [1.807, 2.05) is 18.2 Å². The van der Waals surface area contributed by atoms with Crippen LogP contribution in [0.2, 0.25) is 0 Å². The molecule has 2 aliphatic heterocycles. The topological polar surface area (TPSA) is 71.1 Å². The summed E-state index contributed by atoms with van der Waals surface area (Å²) in [6, 6.07) is 9.26. The number of piperazine rings is 1. The summed E-state index contributed by atoms with van der Waals surface area (Å²) in [5.41, 5.74) is 1.34. The minimum absolute atomic E-state index is 0.0896. The first-order valence-electron chi connectivity index (χ1n) is 9.91. The highest BCUT2D eigenvalue weighted by Gasteiger charge is 2.28. The zero-order valence-electron chi connectivity index (χ0n) is 17.1. The van der Waals surface area contributed by atoms with Crippen LogP contribution in [0.5, 0.6) is 11.5 Å². The van der Waals surface area contributed by atoms with Crippen molar-refractivity contribution in [3.05, 3.63) is 53.3 Å². The molecule has 9 heteroatoms. The maximum absolute atomic E-state index is 13.4. The van der Waals surface area contributed by atoms with Gasteiger partial charge in [0.25, 0.3) is 0 Å². The molecule has 0 amide bonds. The summed E-state index contributed by atoms with van der Waals surface area (Å²) in [6.07, 6.45) is 0. The van der Waals surface area contributed by atoms with Gasteiger partial charge in [0.15, 0.2) is 11.5 Å². The van der Waals surface area contributed by atoms with Crippen LogP contribution in [0.1, 0.15) is 17.2 Å². The lowest BCUT2D eigenvalue weighted by Crippen LogP contribution is -2.48. The molecule has 0 radical (unpaired) electrons. The largest absolute Gasteiger partial charge is 0.454 e. The van der Waals surface area contributed by atoms with Crippen LogP contribution in [0.3, 0.4) is 0 Å². The maximum Gasteiger partial charge on any atom is 0.240 e. The number of aryl methyl sites for hydroxylation is 1. The molecule has 4 rings (SSSR count). The number of halogens is 1. The van der Waals surface area contributed by atoms with Gasteiger partial charge >= 0.3 is 0 Å². The third-order valence-corrected chi connectivity index (χ3v) is 7.24. The van der Waals surface area contributed by atoms with E-state index in [2.05, 4.69) is 21.6 Å². The van der Waals surface area contributed by atoms with Crippen molar-refractivity contribution in [3.8, 4) is 11.5 Å². The van der Waals surface area contributed by atoms with Crippen LogP contribution in [0.15, 0.2) is 41.3 Å². The van der Waals surface area contributed by atoms with Crippen LogP contribution in [0, 0.1) is 12.7 Å². The Kier molecular flexibility index (Phi) is 5.97. The Balaban J connectivity index is 1.58. The number of likely N-dealkylation sites (N-methyl/N-ethyl adjacent to an activating group) is 1. The Morgan fingerprint density at radius 2 is 1.80 bits per heavy atom. The number of sulfonamides is 1. The fraction of sp³-hybridized carbons (Fsp3) is 0.429. The summed E-state index contributed by atoms with van der Waals surface area (Å²) in [5.74, 6) is 0.907. The van der Waals surface area contributed by atoms with Crippen molar-refractivity contribution in [2.45, 2.75) is 17.9 Å². The van der Waals surface area contributed by atoms with Crippen LogP contribution in [-0.2, 0) is 10.0 Å². The van der Waals surface area contributed by atoms with Crippen molar-refractivity contribution in [3.63, 3.8) is 0 Å². The number of fused-ring (bicyclic) bond motifs is 1. The summed E-state index contributed by atoms with van der Waals surface area (Å²) in [6.45, 7) is 5.44. The number of nitrogens with one attached hydrogen (secondary N) is 1. The van der Waals surface area contributed by atoms with E-state index < -0.39 is 15.8 Å². The Morgan fingerprint density at radius 3 is 2.53 bits per heavy atom. The van der Waals surface area contributed by atoms with Gasteiger partial charge in [0.2, 0.25) is 16.8 Å². The van der Waals surface area contributed by atoms with E-state index >= 15 is 0 Å². The van der Waals surface area contributed by atoms with Gasteiger partial charge in [-0.3, -0.25) is 4.90 Å². The third kappa shape index (κ3) is 4.44. The van der Waals surface area contributed by atoms with Gasteiger partial charge in [-0.1, -0.05) is 6.07 Å². The van der Waals surface area contributed by atoms with E-state index in [4.69, 9.17) is 9.47 Å². The Morgan fingerprint density at radius 1 is 1.07 bits per heavy atom. The summed E-state index contributed by atoms with van der Waals surface area (Å²) in [7, 11) is -1.71. The number of hydrogen-bond acceptors (Lipinski definition) is 6. The molecule has 7 nitrogen and oxygen atoms in total. The minimum atomic E-state index is -3.78. The molecule has 1 atom stereocenters. The molecule has 1 fully saturated rings. The number of nitrogens with zero attached hydrogens (tertiary/aromatic N) is 2. The zero-order chi connectivity index (χ0) is 21.3. The Hall–Kier alpha value is -2.20. The minimum Gasteiger partial charge on any atom is -0.454 e. The van der Waals surface area contributed by atoms with Gasteiger partial charge in [-0.25, -0.2) is 17.5 Å². The highest BCUT2D eigenvalue weighted by atomic mass is 32.2. The molecular weight excluding hydrogens is 409 g/mol. The van der Waals surface area contributed by atoms with E-state index in [1.165, 1.54) is 12.1 Å². The molecule has 0 aliphatic carbocycles. The molecule has 2 aromatic rings. The van der Waals surface area contributed by atoms with Gasteiger partial charge in [0.05, 0.1) is 4.90 Å². The summed E-state index contributed by atoms with van der Waals surface area (Å²) in [4.78, 5) is 4.61. The van der Waals surface area contributed by atoms with E-state index in [0.717, 1.165) is 37.8 Å². The lowest BCUT2D eigenvalue weighted by Gasteiger charge is -2.38. The molecule has 0 bridgehead atoms. The van der Waals surface area contributed by atoms with Crippen LogP contribution in [0.4, 0.5) is 4.39 Å². The van der Waals surface area contributed by atoms with Gasteiger partial charge in [0.1, 0.15) is 5.82 Å². The Labute approximate surface area is 176 Å². The summed E-state index contributed by atoms with van der Waals surface area (Å²) >= 11 is 0. The number of hydrogen-bond donors (Lipinski definition) is 1. The molecule has 0 unspecified atom stereocenters. The van der Waals surface area contributed by atoms with E-state index in [-0.39, 0.29) is 24.3 Å². The van der Waals surface area contributed by atoms with Crippen molar-refractivity contribution in [1.82, 2.24) is 14.5 Å². The second-order valence-electron chi connectivity index (χ2n) is 7.73. The van der Waals surface area contributed by atoms with E-state index in [1.54, 1.807) is 6.92 Å². The molecule has 162 valence electrons.